The lowest BCUT2D eigenvalue weighted by Gasteiger charge is -2.49. The third-order valence-corrected chi connectivity index (χ3v) is 8.63. The monoisotopic (exact) mass is 439 g/mol. The molecule has 150 valence electrons. The van der Waals surface area contributed by atoms with Gasteiger partial charge in [-0.1, -0.05) is 42.5 Å². The molecule has 0 N–H and O–H groups in total. The molecule has 3 rings (SSSR count). The SMILES string of the molecule is CC(c1ccccc1)N1C(=O)c2ccccc2N(C)P1(=O)N(CCCl)CCCl. The van der Waals surface area contributed by atoms with Crippen LogP contribution in [-0.2, 0) is 4.57 Å². The zero-order chi connectivity index (χ0) is 20.3. The normalized spacial score (nSPS) is 20.4. The van der Waals surface area contributed by atoms with Crippen molar-refractivity contribution in [2.75, 3.05) is 36.6 Å². The molecule has 0 aliphatic carbocycles. The fourth-order valence-corrected chi connectivity index (χ4v) is 7.32. The van der Waals surface area contributed by atoms with Crippen molar-refractivity contribution in [3.63, 3.8) is 0 Å². The van der Waals surface area contributed by atoms with Gasteiger partial charge in [0.2, 0.25) is 0 Å². The number of rotatable bonds is 7. The number of carbonyl (C=O) groups excluding carboxylic acids is 1. The van der Waals surface area contributed by atoms with E-state index in [4.69, 9.17) is 23.2 Å². The Labute approximate surface area is 176 Å². The number of carbonyl (C=O) groups is 1. The molecule has 0 bridgehead atoms. The first kappa shape index (κ1) is 21.2. The lowest BCUT2D eigenvalue weighted by atomic mass is 10.1. The molecule has 1 amide bonds. The molecule has 2 aromatic rings. The Morgan fingerprint density at radius 3 is 2.18 bits per heavy atom. The van der Waals surface area contributed by atoms with E-state index < -0.39 is 7.59 Å². The van der Waals surface area contributed by atoms with E-state index in [0.29, 0.717) is 24.3 Å². The smallest absolute Gasteiger partial charge is 0.297 e. The molecule has 0 saturated heterocycles. The first-order valence-corrected chi connectivity index (χ1v) is 11.8. The second-order valence-electron chi connectivity index (χ2n) is 6.62. The average molecular weight is 440 g/mol. The molecular weight excluding hydrogens is 416 g/mol. The van der Waals surface area contributed by atoms with Crippen LogP contribution in [0.2, 0.25) is 0 Å². The number of amides is 1. The van der Waals surface area contributed by atoms with Crippen molar-refractivity contribution in [3.05, 3.63) is 65.7 Å². The van der Waals surface area contributed by atoms with Crippen molar-refractivity contribution >= 4 is 42.4 Å². The summed E-state index contributed by atoms with van der Waals surface area (Å²) in [6, 6.07) is 16.5. The molecule has 1 aliphatic rings. The zero-order valence-electron chi connectivity index (χ0n) is 16.0. The number of hydrogen-bond donors (Lipinski definition) is 0. The van der Waals surface area contributed by atoms with E-state index in [2.05, 4.69) is 0 Å². The highest BCUT2D eigenvalue weighted by Gasteiger charge is 2.50. The van der Waals surface area contributed by atoms with Gasteiger partial charge in [0.05, 0.1) is 17.3 Å². The minimum Gasteiger partial charge on any atom is -0.297 e. The van der Waals surface area contributed by atoms with Crippen LogP contribution in [0.4, 0.5) is 5.69 Å². The van der Waals surface area contributed by atoms with Gasteiger partial charge < -0.3 is 0 Å². The third-order valence-electron chi connectivity index (χ3n) is 5.07. The van der Waals surface area contributed by atoms with Gasteiger partial charge in [0.1, 0.15) is 0 Å². The van der Waals surface area contributed by atoms with Crippen LogP contribution in [0, 0.1) is 0 Å². The number of halogens is 2. The first-order chi connectivity index (χ1) is 13.5. The van der Waals surface area contributed by atoms with Gasteiger partial charge in [-0.3, -0.25) is 18.7 Å². The maximum Gasteiger partial charge on any atom is 0.338 e. The van der Waals surface area contributed by atoms with Crippen LogP contribution in [0.1, 0.15) is 28.9 Å². The number of fused-ring (bicyclic) bond motifs is 1. The maximum absolute atomic E-state index is 14.6. The third kappa shape index (κ3) is 3.57. The molecule has 0 radical (unpaired) electrons. The van der Waals surface area contributed by atoms with Crippen molar-refractivity contribution < 1.29 is 9.36 Å². The van der Waals surface area contributed by atoms with E-state index in [1.54, 1.807) is 22.5 Å². The van der Waals surface area contributed by atoms with Gasteiger partial charge >= 0.3 is 7.59 Å². The van der Waals surface area contributed by atoms with Gasteiger partial charge in [-0.25, -0.2) is 4.67 Å². The predicted octanol–water partition coefficient (Wildman–Crippen LogP) is 5.23. The molecule has 1 heterocycles. The molecule has 5 nitrogen and oxygen atoms in total. The van der Waals surface area contributed by atoms with Crippen molar-refractivity contribution in [1.82, 2.24) is 9.34 Å². The van der Waals surface area contributed by atoms with Crippen molar-refractivity contribution in [3.8, 4) is 0 Å². The van der Waals surface area contributed by atoms with Crippen LogP contribution in [-0.4, -0.2) is 47.1 Å². The van der Waals surface area contributed by atoms with Gasteiger partial charge in [0.15, 0.2) is 0 Å². The van der Waals surface area contributed by atoms with Crippen LogP contribution in [0.25, 0.3) is 0 Å². The van der Waals surface area contributed by atoms with Crippen molar-refractivity contribution in [2.24, 2.45) is 0 Å². The fraction of sp³-hybridized carbons (Fsp3) is 0.350. The Morgan fingerprint density at radius 1 is 1.00 bits per heavy atom. The summed E-state index contributed by atoms with van der Waals surface area (Å²) in [5.74, 6) is 0.332. The van der Waals surface area contributed by atoms with E-state index in [1.165, 1.54) is 4.67 Å². The molecule has 2 aromatic carbocycles. The quantitative estimate of drug-likeness (QED) is 0.437. The molecule has 0 fully saturated rings. The highest BCUT2D eigenvalue weighted by atomic mass is 35.5. The molecule has 0 aromatic heterocycles. The summed E-state index contributed by atoms with van der Waals surface area (Å²) < 4.78 is 19.6. The predicted molar refractivity (Wildman–Crippen MR) is 116 cm³/mol. The Bertz CT molecular complexity index is 875. The van der Waals surface area contributed by atoms with Gasteiger partial charge in [-0.05, 0) is 24.6 Å². The summed E-state index contributed by atoms with van der Waals surface area (Å²) in [5, 5.41) is 0. The Kier molecular flexibility index (Phi) is 6.72. The van der Waals surface area contributed by atoms with E-state index in [1.807, 2.05) is 55.5 Å². The van der Waals surface area contributed by atoms with E-state index in [9.17, 15) is 9.36 Å². The highest BCUT2D eigenvalue weighted by molar-refractivity contribution is 7.61. The standard InChI is InChI=1S/C20H24Cl2N3O2P/c1-16(17-8-4-3-5-9-17)25-20(26)18-10-6-7-11-19(18)23(2)28(25,27)24(14-12-21)15-13-22/h3-11,16H,12-15H2,1-2H3. The second kappa shape index (κ2) is 8.87. The van der Waals surface area contributed by atoms with Crippen molar-refractivity contribution in [2.45, 2.75) is 13.0 Å². The molecular formula is C20H24Cl2N3O2P. The topological polar surface area (TPSA) is 43.9 Å². The summed E-state index contributed by atoms with van der Waals surface area (Å²) in [4.78, 5) is 13.5. The van der Waals surface area contributed by atoms with Crippen LogP contribution in [0.5, 0.6) is 0 Å². The van der Waals surface area contributed by atoms with Crippen LogP contribution in [0.3, 0.4) is 0 Å². The summed E-state index contributed by atoms with van der Waals surface area (Å²) in [5.41, 5.74) is 2.11. The molecule has 0 saturated carbocycles. The minimum absolute atomic E-state index is 0.248. The molecule has 1 aliphatic heterocycles. The number of nitrogens with zero attached hydrogens (tertiary/aromatic N) is 3. The minimum atomic E-state index is -3.49. The second-order valence-corrected chi connectivity index (χ2v) is 10.0. The average Bonchev–Trinajstić information content (AvgIpc) is 2.72. The molecule has 0 spiro atoms. The number of benzene rings is 2. The molecule has 8 heteroatoms. The Balaban J connectivity index is 2.19. The molecule has 28 heavy (non-hydrogen) atoms. The number of para-hydroxylation sites is 1. The van der Waals surface area contributed by atoms with Gasteiger partial charge in [-0.15, -0.1) is 23.2 Å². The molecule has 2 atom stereocenters. The summed E-state index contributed by atoms with van der Waals surface area (Å²) in [6.45, 7) is 2.63. The molecule has 2 unspecified atom stereocenters. The van der Waals surface area contributed by atoms with E-state index in [0.717, 1.165) is 5.56 Å². The maximum atomic E-state index is 14.6. The van der Waals surface area contributed by atoms with Gasteiger partial charge in [0.25, 0.3) is 5.91 Å². The number of anilines is 1. The van der Waals surface area contributed by atoms with Crippen LogP contribution < -0.4 is 4.67 Å². The van der Waals surface area contributed by atoms with E-state index in [-0.39, 0.29) is 23.7 Å². The van der Waals surface area contributed by atoms with Crippen LogP contribution in [0.15, 0.2) is 54.6 Å². The first-order valence-electron chi connectivity index (χ1n) is 9.16. The van der Waals surface area contributed by atoms with Crippen molar-refractivity contribution in [1.29, 1.82) is 0 Å². The van der Waals surface area contributed by atoms with Gasteiger partial charge in [-0.2, -0.15) is 0 Å². The Morgan fingerprint density at radius 2 is 1.57 bits per heavy atom. The summed E-state index contributed by atoms with van der Waals surface area (Å²) in [7, 11) is -1.72. The Hall–Kier alpha value is -1.52. The lowest BCUT2D eigenvalue weighted by Crippen LogP contribution is -2.48. The summed E-state index contributed by atoms with van der Waals surface area (Å²) in [6.07, 6.45) is 0. The number of alkyl halides is 2. The largest absolute Gasteiger partial charge is 0.338 e. The highest BCUT2D eigenvalue weighted by Crippen LogP contribution is 2.63. The fourth-order valence-electron chi connectivity index (χ4n) is 3.63. The van der Waals surface area contributed by atoms with Gasteiger partial charge in [0, 0.05) is 31.9 Å². The zero-order valence-corrected chi connectivity index (χ0v) is 18.4. The lowest BCUT2D eigenvalue weighted by molar-refractivity contribution is 0.0807. The van der Waals surface area contributed by atoms with E-state index >= 15 is 0 Å². The number of hydrogen-bond acceptors (Lipinski definition) is 2. The van der Waals surface area contributed by atoms with Crippen LogP contribution >= 0.6 is 30.8 Å². The summed E-state index contributed by atoms with van der Waals surface area (Å²) >= 11 is 12.0.